The van der Waals surface area contributed by atoms with E-state index < -0.39 is 0 Å². The summed E-state index contributed by atoms with van der Waals surface area (Å²) >= 11 is 0. The van der Waals surface area contributed by atoms with Crippen LogP contribution >= 0.6 is 0 Å². The molecule has 1 saturated carbocycles. The van der Waals surface area contributed by atoms with Gasteiger partial charge in [0.2, 0.25) is 0 Å². The zero-order valence-electron chi connectivity index (χ0n) is 8.69. The summed E-state index contributed by atoms with van der Waals surface area (Å²) < 4.78 is 0. The Morgan fingerprint density at radius 2 is 1.85 bits per heavy atom. The zero-order valence-corrected chi connectivity index (χ0v) is 8.69. The minimum absolute atomic E-state index is 0.500. The van der Waals surface area contributed by atoms with Crippen LogP contribution in [-0.2, 0) is 0 Å². The molecule has 3 rings (SSSR count). The van der Waals surface area contributed by atoms with Crippen molar-refractivity contribution < 1.29 is 0 Å². The van der Waals surface area contributed by atoms with E-state index in [9.17, 15) is 0 Å². The van der Waals surface area contributed by atoms with Crippen molar-refractivity contribution in [3.8, 4) is 0 Å². The van der Waals surface area contributed by atoms with E-state index in [-0.39, 0.29) is 0 Å². The fraction of sp³-hybridized carbons (Fsp3) is 1.00. The van der Waals surface area contributed by atoms with Gasteiger partial charge in [0.15, 0.2) is 0 Å². The highest BCUT2D eigenvalue weighted by Gasteiger charge is 2.62. The number of rotatable bonds is 0. The molecule has 2 heterocycles. The molecule has 2 nitrogen and oxygen atoms in total. The fourth-order valence-corrected chi connectivity index (χ4v) is 3.40. The van der Waals surface area contributed by atoms with Crippen LogP contribution in [0.5, 0.6) is 0 Å². The molecule has 2 saturated heterocycles. The SMILES string of the molecule is CC1(C)CC12CC1CCC(CN2)N1. The number of hydrogen-bond donors (Lipinski definition) is 2. The first-order valence-corrected chi connectivity index (χ1v) is 5.62. The van der Waals surface area contributed by atoms with Gasteiger partial charge in [0.25, 0.3) is 0 Å². The summed E-state index contributed by atoms with van der Waals surface area (Å²) in [6, 6.07) is 1.57. The van der Waals surface area contributed by atoms with Crippen molar-refractivity contribution in [3.05, 3.63) is 0 Å². The van der Waals surface area contributed by atoms with Crippen molar-refractivity contribution in [2.24, 2.45) is 5.41 Å². The summed E-state index contributed by atoms with van der Waals surface area (Å²) in [5.74, 6) is 0. The van der Waals surface area contributed by atoms with E-state index >= 15 is 0 Å². The maximum absolute atomic E-state index is 3.79. The lowest BCUT2D eigenvalue weighted by Crippen LogP contribution is -2.40. The molecular formula is C11H20N2. The molecule has 0 amide bonds. The topological polar surface area (TPSA) is 24.1 Å². The van der Waals surface area contributed by atoms with Gasteiger partial charge in [-0.2, -0.15) is 0 Å². The molecule has 1 spiro atoms. The summed E-state index contributed by atoms with van der Waals surface area (Å²) in [7, 11) is 0. The van der Waals surface area contributed by atoms with E-state index in [0.29, 0.717) is 11.0 Å². The lowest BCUT2D eigenvalue weighted by Gasteiger charge is -2.23. The van der Waals surface area contributed by atoms with E-state index in [0.717, 1.165) is 12.1 Å². The highest BCUT2D eigenvalue weighted by molar-refractivity contribution is 5.20. The van der Waals surface area contributed by atoms with Crippen molar-refractivity contribution in [2.75, 3.05) is 6.54 Å². The van der Waals surface area contributed by atoms with Crippen LogP contribution in [0.25, 0.3) is 0 Å². The summed E-state index contributed by atoms with van der Waals surface area (Å²) in [4.78, 5) is 0. The summed E-state index contributed by atoms with van der Waals surface area (Å²) in [6.45, 7) is 6.00. The normalized spacial score (nSPS) is 52.2. The average Bonchev–Trinajstić information content (AvgIpc) is 2.37. The first-order chi connectivity index (χ1) is 6.11. The van der Waals surface area contributed by atoms with Gasteiger partial charge in [0.05, 0.1) is 0 Å². The largest absolute Gasteiger partial charge is 0.310 e. The summed E-state index contributed by atoms with van der Waals surface area (Å²) in [5.41, 5.74) is 1.05. The van der Waals surface area contributed by atoms with Crippen molar-refractivity contribution >= 4 is 0 Å². The zero-order chi connectivity index (χ0) is 9.10. The van der Waals surface area contributed by atoms with Crippen LogP contribution in [0.4, 0.5) is 0 Å². The molecule has 2 aliphatic heterocycles. The predicted molar refractivity (Wildman–Crippen MR) is 53.7 cm³/mol. The van der Waals surface area contributed by atoms with Gasteiger partial charge in [-0.05, 0) is 31.1 Å². The van der Waals surface area contributed by atoms with Crippen molar-refractivity contribution in [2.45, 2.75) is 57.2 Å². The van der Waals surface area contributed by atoms with Crippen LogP contribution in [0.3, 0.4) is 0 Å². The Hall–Kier alpha value is -0.0800. The Bertz CT molecular complexity index is 236. The summed E-state index contributed by atoms with van der Waals surface area (Å²) in [6.07, 6.45) is 5.53. The van der Waals surface area contributed by atoms with Crippen LogP contribution in [0.1, 0.15) is 39.5 Å². The van der Waals surface area contributed by atoms with Crippen molar-refractivity contribution in [1.82, 2.24) is 10.6 Å². The maximum Gasteiger partial charge on any atom is 0.0254 e. The minimum atomic E-state index is 0.500. The molecular weight excluding hydrogens is 160 g/mol. The van der Waals surface area contributed by atoms with Gasteiger partial charge in [-0.3, -0.25) is 0 Å². The molecule has 2 bridgehead atoms. The fourth-order valence-electron chi connectivity index (χ4n) is 3.40. The Labute approximate surface area is 80.5 Å². The number of fused-ring (bicyclic) bond motifs is 2. The van der Waals surface area contributed by atoms with Gasteiger partial charge in [-0.1, -0.05) is 13.8 Å². The van der Waals surface area contributed by atoms with Crippen LogP contribution in [0.15, 0.2) is 0 Å². The van der Waals surface area contributed by atoms with Gasteiger partial charge < -0.3 is 10.6 Å². The third-order valence-corrected chi connectivity index (χ3v) is 4.53. The van der Waals surface area contributed by atoms with Crippen molar-refractivity contribution in [1.29, 1.82) is 0 Å². The third-order valence-electron chi connectivity index (χ3n) is 4.53. The lowest BCUT2D eigenvalue weighted by molar-refractivity contribution is 0.356. The van der Waals surface area contributed by atoms with Crippen LogP contribution in [0, 0.1) is 5.41 Å². The van der Waals surface area contributed by atoms with Crippen molar-refractivity contribution in [3.63, 3.8) is 0 Å². The molecule has 0 aromatic carbocycles. The summed E-state index contributed by atoms with van der Waals surface area (Å²) in [5, 5.41) is 7.51. The molecule has 3 aliphatic rings. The molecule has 1 aliphatic carbocycles. The van der Waals surface area contributed by atoms with Gasteiger partial charge in [-0.15, -0.1) is 0 Å². The first-order valence-electron chi connectivity index (χ1n) is 5.62. The second-order valence-electron chi connectivity index (χ2n) is 5.87. The molecule has 74 valence electrons. The van der Waals surface area contributed by atoms with Gasteiger partial charge in [-0.25, -0.2) is 0 Å². The van der Waals surface area contributed by atoms with Gasteiger partial charge in [0.1, 0.15) is 0 Å². The molecule has 3 unspecified atom stereocenters. The van der Waals surface area contributed by atoms with Crippen LogP contribution in [0.2, 0.25) is 0 Å². The Morgan fingerprint density at radius 3 is 2.54 bits per heavy atom. The number of hydrogen-bond acceptors (Lipinski definition) is 2. The highest BCUT2D eigenvalue weighted by Crippen LogP contribution is 2.59. The van der Waals surface area contributed by atoms with E-state index in [1.165, 1.54) is 32.2 Å². The molecule has 2 heteroatoms. The lowest BCUT2D eigenvalue weighted by atomic mass is 9.95. The molecule has 3 atom stereocenters. The Morgan fingerprint density at radius 1 is 1.15 bits per heavy atom. The Kier molecular flexibility index (Phi) is 1.45. The smallest absolute Gasteiger partial charge is 0.0254 e. The first kappa shape index (κ1) is 8.25. The average molecular weight is 180 g/mol. The van der Waals surface area contributed by atoms with E-state index in [1.807, 2.05) is 0 Å². The monoisotopic (exact) mass is 180 g/mol. The van der Waals surface area contributed by atoms with Crippen LogP contribution < -0.4 is 10.6 Å². The van der Waals surface area contributed by atoms with Crippen LogP contribution in [-0.4, -0.2) is 24.2 Å². The molecule has 0 radical (unpaired) electrons. The molecule has 2 N–H and O–H groups in total. The molecule has 0 aromatic rings. The number of nitrogens with one attached hydrogen (secondary N) is 2. The maximum atomic E-state index is 3.79. The molecule has 0 aromatic heterocycles. The quantitative estimate of drug-likeness (QED) is 0.586. The van der Waals surface area contributed by atoms with Gasteiger partial charge >= 0.3 is 0 Å². The minimum Gasteiger partial charge on any atom is -0.310 e. The third kappa shape index (κ3) is 1.08. The predicted octanol–water partition coefficient (Wildman–Crippen LogP) is 1.27. The Balaban J connectivity index is 1.80. The molecule has 3 fully saturated rings. The highest BCUT2D eigenvalue weighted by atomic mass is 15.2. The molecule has 13 heavy (non-hydrogen) atoms. The second kappa shape index (κ2) is 2.29. The van der Waals surface area contributed by atoms with E-state index in [1.54, 1.807) is 0 Å². The van der Waals surface area contributed by atoms with Gasteiger partial charge in [0, 0.05) is 24.2 Å². The second-order valence-corrected chi connectivity index (χ2v) is 5.87. The van der Waals surface area contributed by atoms with E-state index in [4.69, 9.17) is 0 Å². The van der Waals surface area contributed by atoms with E-state index in [2.05, 4.69) is 24.5 Å². The standard InChI is InChI=1S/C11H20N2/c1-10(2)7-11(10)5-8-3-4-9(13-8)6-12-11/h8-9,12-13H,3-7H2,1-2H3.